The Kier molecular flexibility index (Phi) is 3.82. The Bertz CT molecular complexity index is 405. The highest BCUT2D eigenvalue weighted by Gasteiger charge is 2.16. The van der Waals surface area contributed by atoms with Crippen molar-refractivity contribution < 1.29 is 19.0 Å². The predicted octanol–water partition coefficient (Wildman–Crippen LogP) is 1.07. The average Bonchev–Trinajstić information content (AvgIpc) is 2.83. The number of ether oxygens (including phenoxy) is 3. The first kappa shape index (κ1) is 11.7. The van der Waals surface area contributed by atoms with Gasteiger partial charge in [-0.15, -0.1) is 0 Å². The first-order chi connectivity index (χ1) is 8.31. The number of para-hydroxylation sites is 1. The molecule has 5 nitrogen and oxygen atoms in total. The minimum absolute atomic E-state index is 0.213. The van der Waals surface area contributed by atoms with Gasteiger partial charge in [0.05, 0.1) is 13.5 Å². The Labute approximate surface area is 99.7 Å². The molecule has 1 heterocycles. The van der Waals surface area contributed by atoms with E-state index in [0.29, 0.717) is 19.5 Å². The maximum atomic E-state index is 10.9. The van der Waals surface area contributed by atoms with Gasteiger partial charge in [0.2, 0.25) is 6.79 Å². The van der Waals surface area contributed by atoms with E-state index < -0.39 is 0 Å². The molecule has 0 atom stereocenters. The van der Waals surface area contributed by atoms with Crippen LogP contribution in [0.25, 0.3) is 0 Å². The number of hydrogen-bond donors (Lipinski definition) is 1. The topological polar surface area (TPSA) is 56.8 Å². The van der Waals surface area contributed by atoms with E-state index in [4.69, 9.17) is 9.47 Å². The lowest BCUT2D eigenvalue weighted by Gasteiger charge is -2.07. The molecule has 2 rings (SSSR count). The van der Waals surface area contributed by atoms with Gasteiger partial charge in [-0.1, -0.05) is 12.1 Å². The van der Waals surface area contributed by atoms with Crippen LogP contribution in [0.3, 0.4) is 0 Å². The van der Waals surface area contributed by atoms with Crippen molar-refractivity contribution in [2.75, 3.05) is 20.4 Å². The molecule has 1 aliphatic heterocycles. The molecule has 0 bridgehead atoms. The molecular formula is C12H15NO4. The zero-order valence-corrected chi connectivity index (χ0v) is 9.69. The van der Waals surface area contributed by atoms with E-state index in [0.717, 1.165) is 17.1 Å². The second-order valence-electron chi connectivity index (χ2n) is 3.65. The number of hydrogen-bond acceptors (Lipinski definition) is 5. The summed E-state index contributed by atoms with van der Waals surface area (Å²) in [4.78, 5) is 10.9. The number of carbonyl (C=O) groups is 1. The highest BCUT2D eigenvalue weighted by molar-refractivity contribution is 5.69. The number of benzene rings is 1. The van der Waals surface area contributed by atoms with Gasteiger partial charge in [-0.2, -0.15) is 0 Å². The molecule has 1 aliphatic rings. The number of esters is 1. The van der Waals surface area contributed by atoms with Crippen LogP contribution in [0, 0.1) is 0 Å². The first-order valence-corrected chi connectivity index (χ1v) is 5.46. The van der Waals surface area contributed by atoms with Crippen LogP contribution in [-0.4, -0.2) is 26.4 Å². The zero-order valence-electron chi connectivity index (χ0n) is 9.69. The van der Waals surface area contributed by atoms with E-state index in [1.54, 1.807) is 0 Å². The van der Waals surface area contributed by atoms with E-state index in [-0.39, 0.29) is 12.8 Å². The fourth-order valence-corrected chi connectivity index (χ4v) is 1.65. The predicted molar refractivity (Wildman–Crippen MR) is 60.9 cm³/mol. The summed E-state index contributed by atoms with van der Waals surface area (Å²) in [6.07, 6.45) is 0.364. The summed E-state index contributed by atoms with van der Waals surface area (Å²) in [6.45, 7) is 1.50. The van der Waals surface area contributed by atoms with E-state index in [1.807, 2.05) is 18.2 Å². The van der Waals surface area contributed by atoms with Crippen molar-refractivity contribution in [3.05, 3.63) is 23.8 Å². The molecule has 0 saturated carbocycles. The molecule has 0 aliphatic carbocycles. The third-order valence-corrected chi connectivity index (χ3v) is 2.53. The number of nitrogens with one attached hydrogen (secondary N) is 1. The van der Waals surface area contributed by atoms with Crippen LogP contribution < -0.4 is 14.8 Å². The van der Waals surface area contributed by atoms with Gasteiger partial charge < -0.3 is 19.5 Å². The van der Waals surface area contributed by atoms with E-state index in [9.17, 15) is 4.79 Å². The van der Waals surface area contributed by atoms with Gasteiger partial charge in [0.15, 0.2) is 11.5 Å². The lowest BCUT2D eigenvalue weighted by atomic mass is 10.2. The van der Waals surface area contributed by atoms with Crippen molar-refractivity contribution in [3.63, 3.8) is 0 Å². The number of rotatable bonds is 5. The van der Waals surface area contributed by atoms with Crippen LogP contribution in [0.1, 0.15) is 12.0 Å². The molecule has 0 fully saturated rings. The molecule has 1 N–H and O–H groups in total. The Balaban J connectivity index is 1.83. The summed E-state index contributed by atoms with van der Waals surface area (Å²) in [5.41, 5.74) is 1.03. The number of carbonyl (C=O) groups excluding carboxylic acids is 1. The van der Waals surface area contributed by atoms with Gasteiger partial charge in [-0.25, -0.2) is 0 Å². The Morgan fingerprint density at radius 3 is 3.18 bits per heavy atom. The molecule has 1 aromatic carbocycles. The largest absolute Gasteiger partial charge is 0.469 e. The molecule has 92 valence electrons. The maximum Gasteiger partial charge on any atom is 0.306 e. The molecule has 0 unspecified atom stereocenters. The zero-order chi connectivity index (χ0) is 12.1. The monoisotopic (exact) mass is 237 g/mol. The number of methoxy groups -OCH3 is 1. The van der Waals surface area contributed by atoms with Gasteiger partial charge in [0.1, 0.15) is 0 Å². The van der Waals surface area contributed by atoms with E-state index >= 15 is 0 Å². The van der Waals surface area contributed by atoms with Crippen molar-refractivity contribution in [1.82, 2.24) is 5.32 Å². The third-order valence-electron chi connectivity index (χ3n) is 2.53. The fraction of sp³-hybridized carbons (Fsp3) is 0.417. The van der Waals surface area contributed by atoms with Crippen LogP contribution in [0.4, 0.5) is 0 Å². The van der Waals surface area contributed by atoms with E-state index in [2.05, 4.69) is 10.1 Å². The molecule has 1 aromatic rings. The molecule has 0 radical (unpaired) electrons. The second kappa shape index (κ2) is 5.54. The lowest BCUT2D eigenvalue weighted by molar-refractivity contribution is -0.140. The lowest BCUT2D eigenvalue weighted by Crippen LogP contribution is -2.18. The van der Waals surface area contributed by atoms with Crippen molar-refractivity contribution in [2.24, 2.45) is 0 Å². The van der Waals surface area contributed by atoms with Crippen LogP contribution in [0.5, 0.6) is 11.5 Å². The Morgan fingerprint density at radius 1 is 1.47 bits per heavy atom. The molecule has 5 heteroatoms. The van der Waals surface area contributed by atoms with Crippen molar-refractivity contribution in [1.29, 1.82) is 0 Å². The van der Waals surface area contributed by atoms with Crippen LogP contribution in [0.15, 0.2) is 18.2 Å². The SMILES string of the molecule is COC(=O)CCNCc1cccc2c1OCO2. The van der Waals surface area contributed by atoms with Crippen molar-refractivity contribution in [3.8, 4) is 11.5 Å². The van der Waals surface area contributed by atoms with Gasteiger partial charge in [-0.05, 0) is 6.07 Å². The van der Waals surface area contributed by atoms with E-state index in [1.165, 1.54) is 7.11 Å². The summed E-state index contributed by atoms with van der Waals surface area (Å²) in [5, 5.41) is 3.16. The fourth-order valence-electron chi connectivity index (χ4n) is 1.65. The summed E-state index contributed by atoms with van der Waals surface area (Å²) in [7, 11) is 1.39. The summed E-state index contributed by atoms with van der Waals surface area (Å²) >= 11 is 0. The summed E-state index contributed by atoms with van der Waals surface area (Å²) < 4.78 is 15.2. The third kappa shape index (κ3) is 2.88. The first-order valence-electron chi connectivity index (χ1n) is 5.46. The van der Waals surface area contributed by atoms with Crippen LogP contribution in [0.2, 0.25) is 0 Å². The quantitative estimate of drug-likeness (QED) is 0.613. The highest BCUT2D eigenvalue weighted by Crippen LogP contribution is 2.35. The average molecular weight is 237 g/mol. The molecule has 17 heavy (non-hydrogen) atoms. The van der Waals surface area contributed by atoms with Crippen molar-refractivity contribution >= 4 is 5.97 Å². The molecular weight excluding hydrogens is 222 g/mol. The Morgan fingerprint density at radius 2 is 2.35 bits per heavy atom. The normalized spacial score (nSPS) is 12.5. The van der Waals surface area contributed by atoms with Crippen molar-refractivity contribution in [2.45, 2.75) is 13.0 Å². The molecule has 0 spiro atoms. The Hall–Kier alpha value is -1.75. The molecule has 0 amide bonds. The number of fused-ring (bicyclic) bond motifs is 1. The maximum absolute atomic E-state index is 10.9. The minimum Gasteiger partial charge on any atom is -0.469 e. The highest BCUT2D eigenvalue weighted by atomic mass is 16.7. The second-order valence-corrected chi connectivity index (χ2v) is 3.65. The standard InChI is InChI=1S/C12H15NO4/c1-15-11(14)5-6-13-7-9-3-2-4-10-12(9)17-8-16-10/h2-4,13H,5-8H2,1H3. The van der Waals surface area contributed by atoms with Gasteiger partial charge in [0, 0.05) is 18.7 Å². The van der Waals surface area contributed by atoms with Gasteiger partial charge in [0.25, 0.3) is 0 Å². The van der Waals surface area contributed by atoms with Crippen LogP contribution in [-0.2, 0) is 16.1 Å². The van der Waals surface area contributed by atoms with Gasteiger partial charge >= 0.3 is 5.97 Å². The summed E-state index contributed by atoms with van der Waals surface area (Å²) in [5.74, 6) is 1.35. The van der Waals surface area contributed by atoms with Crippen LogP contribution >= 0.6 is 0 Å². The summed E-state index contributed by atoms with van der Waals surface area (Å²) in [6, 6.07) is 5.77. The molecule has 0 saturated heterocycles. The van der Waals surface area contributed by atoms with Gasteiger partial charge in [-0.3, -0.25) is 4.79 Å². The molecule has 0 aromatic heterocycles. The minimum atomic E-state index is -0.213. The smallest absolute Gasteiger partial charge is 0.306 e.